The Kier molecular flexibility index (Phi) is 4.32. The van der Waals surface area contributed by atoms with Gasteiger partial charge in [0.25, 0.3) is 0 Å². The molecule has 20 heavy (non-hydrogen) atoms. The number of benzene rings is 1. The van der Waals surface area contributed by atoms with Crippen molar-refractivity contribution in [2.45, 2.75) is 45.1 Å². The lowest BCUT2D eigenvalue weighted by Crippen LogP contribution is -2.34. The van der Waals surface area contributed by atoms with Crippen LogP contribution < -0.4 is 5.32 Å². The quantitative estimate of drug-likeness (QED) is 0.847. The number of hydrogen-bond acceptors (Lipinski definition) is 1. The molecule has 0 amide bonds. The summed E-state index contributed by atoms with van der Waals surface area (Å²) >= 11 is 6.18. The Hall–Kier alpha value is -0.600. The molecular formula is C17H23ClFN. The van der Waals surface area contributed by atoms with Gasteiger partial charge in [-0.2, -0.15) is 0 Å². The summed E-state index contributed by atoms with van der Waals surface area (Å²) in [5.74, 6) is 2.31. The summed E-state index contributed by atoms with van der Waals surface area (Å²) < 4.78 is 14.0. The first-order chi connectivity index (χ1) is 9.72. The molecule has 0 spiro atoms. The molecule has 2 aliphatic rings. The third kappa shape index (κ3) is 2.73. The van der Waals surface area contributed by atoms with E-state index in [2.05, 4.69) is 12.2 Å². The number of halogens is 2. The largest absolute Gasteiger partial charge is 0.314 e. The topological polar surface area (TPSA) is 12.0 Å². The number of likely N-dealkylation sites (N-methyl/N-ethyl adjacent to an activating group) is 1. The normalized spacial score (nSPS) is 29.9. The Balaban J connectivity index is 1.75. The van der Waals surface area contributed by atoms with Crippen LogP contribution in [0.15, 0.2) is 18.2 Å². The predicted molar refractivity (Wildman–Crippen MR) is 81.5 cm³/mol. The zero-order chi connectivity index (χ0) is 14.1. The molecule has 2 aliphatic carbocycles. The Labute approximate surface area is 125 Å². The molecular weight excluding hydrogens is 273 g/mol. The maximum atomic E-state index is 14.0. The molecule has 0 saturated heterocycles. The van der Waals surface area contributed by atoms with Crippen molar-refractivity contribution in [3.63, 3.8) is 0 Å². The summed E-state index contributed by atoms with van der Waals surface area (Å²) in [7, 11) is 0. The van der Waals surface area contributed by atoms with Gasteiger partial charge in [0.1, 0.15) is 5.82 Å². The maximum absolute atomic E-state index is 14.0. The third-order valence-electron chi connectivity index (χ3n) is 5.14. The van der Waals surface area contributed by atoms with E-state index in [4.69, 9.17) is 11.6 Å². The molecule has 1 aromatic rings. The van der Waals surface area contributed by atoms with E-state index in [0.717, 1.165) is 30.7 Å². The van der Waals surface area contributed by atoms with Crippen LogP contribution in [0.2, 0.25) is 5.02 Å². The molecule has 2 saturated carbocycles. The number of rotatable bonds is 5. The van der Waals surface area contributed by atoms with Crippen LogP contribution >= 0.6 is 11.6 Å². The van der Waals surface area contributed by atoms with Crippen LogP contribution in [0.4, 0.5) is 4.39 Å². The zero-order valence-corrected chi connectivity index (χ0v) is 12.8. The van der Waals surface area contributed by atoms with Gasteiger partial charge < -0.3 is 5.32 Å². The Bertz CT molecular complexity index is 444. The van der Waals surface area contributed by atoms with E-state index < -0.39 is 0 Å². The van der Waals surface area contributed by atoms with E-state index in [0.29, 0.717) is 16.6 Å². The second-order valence-electron chi connectivity index (χ2n) is 6.26. The standard InChI is InChI=1S/C17H23ClFN/c1-2-20-16(17-11-6-3-4-7-12(11)17)10-13-14(18)8-5-9-15(13)19/h5,8-9,11-12,16-17,20H,2-4,6-7,10H2,1H3. The third-order valence-corrected chi connectivity index (χ3v) is 5.49. The van der Waals surface area contributed by atoms with Gasteiger partial charge in [-0.25, -0.2) is 4.39 Å². The van der Waals surface area contributed by atoms with Crippen LogP contribution in [0.25, 0.3) is 0 Å². The lowest BCUT2D eigenvalue weighted by Gasteiger charge is -2.19. The number of fused-ring (bicyclic) bond motifs is 1. The predicted octanol–water partition coefficient (Wildman–Crippen LogP) is 4.44. The minimum atomic E-state index is -0.163. The fourth-order valence-corrected chi connectivity index (χ4v) is 4.44. The van der Waals surface area contributed by atoms with Gasteiger partial charge in [0.2, 0.25) is 0 Å². The first kappa shape index (κ1) is 14.3. The number of hydrogen-bond donors (Lipinski definition) is 1. The minimum Gasteiger partial charge on any atom is -0.314 e. The summed E-state index contributed by atoms with van der Waals surface area (Å²) in [4.78, 5) is 0. The zero-order valence-electron chi connectivity index (χ0n) is 12.0. The lowest BCUT2D eigenvalue weighted by atomic mass is 9.99. The molecule has 3 unspecified atom stereocenters. The summed E-state index contributed by atoms with van der Waals surface area (Å²) in [6, 6.07) is 5.37. The van der Waals surface area contributed by atoms with Crippen LogP contribution in [0.3, 0.4) is 0 Å². The first-order valence-electron chi connectivity index (χ1n) is 7.88. The van der Waals surface area contributed by atoms with E-state index in [9.17, 15) is 4.39 Å². The monoisotopic (exact) mass is 295 g/mol. The highest BCUT2D eigenvalue weighted by atomic mass is 35.5. The summed E-state index contributed by atoms with van der Waals surface area (Å²) in [5, 5.41) is 4.14. The van der Waals surface area contributed by atoms with Crippen molar-refractivity contribution in [3.8, 4) is 0 Å². The van der Waals surface area contributed by atoms with Gasteiger partial charge >= 0.3 is 0 Å². The maximum Gasteiger partial charge on any atom is 0.127 e. The molecule has 3 heteroatoms. The first-order valence-corrected chi connectivity index (χ1v) is 8.26. The van der Waals surface area contributed by atoms with E-state index in [1.54, 1.807) is 12.1 Å². The van der Waals surface area contributed by atoms with E-state index in [-0.39, 0.29) is 5.82 Å². The van der Waals surface area contributed by atoms with Crippen LogP contribution in [0, 0.1) is 23.6 Å². The van der Waals surface area contributed by atoms with Gasteiger partial charge in [-0.1, -0.05) is 37.4 Å². The molecule has 0 heterocycles. The fraction of sp³-hybridized carbons (Fsp3) is 0.647. The molecule has 110 valence electrons. The smallest absolute Gasteiger partial charge is 0.127 e. The molecule has 1 N–H and O–H groups in total. The van der Waals surface area contributed by atoms with Gasteiger partial charge in [0.15, 0.2) is 0 Å². The van der Waals surface area contributed by atoms with E-state index >= 15 is 0 Å². The lowest BCUT2D eigenvalue weighted by molar-refractivity contribution is 0.431. The second kappa shape index (κ2) is 6.03. The van der Waals surface area contributed by atoms with Gasteiger partial charge in [-0.05, 0) is 55.7 Å². The van der Waals surface area contributed by atoms with Crippen molar-refractivity contribution >= 4 is 11.6 Å². The van der Waals surface area contributed by atoms with Gasteiger partial charge in [-0.15, -0.1) is 0 Å². The summed E-state index contributed by atoms with van der Waals surface area (Å²) in [5.41, 5.74) is 0.684. The Morgan fingerprint density at radius 3 is 2.60 bits per heavy atom. The van der Waals surface area contributed by atoms with Crippen molar-refractivity contribution in [3.05, 3.63) is 34.6 Å². The molecule has 3 atom stereocenters. The minimum absolute atomic E-state index is 0.163. The Morgan fingerprint density at radius 2 is 2.00 bits per heavy atom. The number of nitrogens with one attached hydrogen (secondary N) is 1. The van der Waals surface area contributed by atoms with Crippen molar-refractivity contribution in [1.29, 1.82) is 0 Å². The average molecular weight is 296 g/mol. The fourth-order valence-electron chi connectivity index (χ4n) is 4.20. The van der Waals surface area contributed by atoms with Crippen LogP contribution in [-0.2, 0) is 6.42 Å². The molecule has 2 fully saturated rings. The van der Waals surface area contributed by atoms with E-state index in [1.165, 1.54) is 31.7 Å². The highest BCUT2D eigenvalue weighted by Gasteiger charge is 2.53. The van der Waals surface area contributed by atoms with Crippen molar-refractivity contribution in [1.82, 2.24) is 5.32 Å². The molecule has 0 aromatic heterocycles. The van der Waals surface area contributed by atoms with Crippen LogP contribution in [-0.4, -0.2) is 12.6 Å². The molecule has 3 rings (SSSR count). The van der Waals surface area contributed by atoms with Gasteiger partial charge in [0, 0.05) is 16.6 Å². The van der Waals surface area contributed by atoms with Crippen molar-refractivity contribution in [2.75, 3.05) is 6.54 Å². The van der Waals surface area contributed by atoms with Crippen LogP contribution in [0.5, 0.6) is 0 Å². The van der Waals surface area contributed by atoms with Crippen LogP contribution in [0.1, 0.15) is 38.2 Å². The molecule has 0 radical (unpaired) electrons. The molecule has 0 bridgehead atoms. The molecule has 1 aromatic carbocycles. The van der Waals surface area contributed by atoms with Crippen molar-refractivity contribution < 1.29 is 4.39 Å². The highest BCUT2D eigenvalue weighted by Crippen LogP contribution is 2.57. The SMILES string of the molecule is CCNC(Cc1c(F)cccc1Cl)C1C2CCCCC21. The van der Waals surface area contributed by atoms with E-state index in [1.807, 2.05) is 0 Å². The van der Waals surface area contributed by atoms with Gasteiger partial charge in [0.05, 0.1) is 0 Å². The molecule has 1 nitrogen and oxygen atoms in total. The average Bonchev–Trinajstić information content (AvgIpc) is 3.16. The molecule has 0 aliphatic heterocycles. The second-order valence-corrected chi connectivity index (χ2v) is 6.67. The highest BCUT2D eigenvalue weighted by molar-refractivity contribution is 6.31. The Morgan fingerprint density at radius 1 is 1.30 bits per heavy atom. The summed E-state index contributed by atoms with van der Waals surface area (Å²) in [6.45, 7) is 3.06. The van der Waals surface area contributed by atoms with Gasteiger partial charge in [-0.3, -0.25) is 0 Å². The van der Waals surface area contributed by atoms with Crippen molar-refractivity contribution in [2.24, 2.45) is 17.8 Å². The summed E-state index contributed by atoms with van der Waals surface area (Å²) in [6.07, 6.45) is 6.19.